The SMILES string of the molecule is C[C@@H](c1ccccc1)[C@@H](C(=O)Nc1ccc(C2CC2)cc1F)N1C(=O)N[C@H](c2ccc(OC[C@H](O)CO)cc2)C1=O. The number of carbonyl (C=O) groups excluding carboxylic acids is 3. The molecule has 0 unspecified atom stereocenters. The molecule has 2 fully saturated rings. The summed E-state index contributed by atoms with van der Waals surface area (Å²) in [5.41, 5.74) is 2.06. The van der Waals surface area contributed by atoms with E-state index in [1.807, 2.05) is 6.07 Å². The molecule has 3 aromatic carbocycles. The number of halogens is 1. The third-order valence-electron chi connectivity index (χ3n) is 7.48. The lowest BCUT2D eigenvalue weighted by Gasteiger charge is -2.30. The van der Waals surface area contributed by atoms with E-state index in [0.717, 1.165) is 28.9 Å². The molecule has 1 saturated heterocycles. The molecule has 2 aliphatic rings. The van der Waals surface area contributed by atoms with Crippen molar-refractivity contribution >= 4 is 23.5 Å². The fourth-order valence-electron chi connectivity index (χ4n) is 5.00. The molecular formula is C31H32FN3O6. The van der Waals surface area contributed by atoms with Gasteiger partial charge in [0, 0.05) is 5.92 Å². The average Bonchev–Trinajstić information content (AvgIpc) is 3.80. The number of benzene rings is 3. The highest BCUT2D eigenvalue weighted by molar-refractivity contribution is 6.10. The first kappa shape index (κ1) is 28.3. The molecule has 4 N–H and O–H groups in total. The maximum absolute atomic E-state index is 14.9. The van der Waals surface area contributed by atoms with Crippen molar-refractivity contribution < 1.29 is 33.7 Å². The third-order valence-corrected chi connectivity index (χ3v) is 7.48. The van der Waals surface area contributed by atoms with Crippen LogP contribution in [0.1, 0.15) is 54.3 Å². The number of anilines is 1. The lowest BCUT2D eigenvalue weighted by molar-refractivity contribution is -0.134. The number of hydrogen-bond acceptors (Lipinski definition) is 6. The minimum Gasteiger partial charge on any atom is -0.491 e. The molecule has 9 nitrogen and oxygen atoms in total. The van der Waals surface area contributed by atoms with Crippen LogP contribution in [0.15, 0.2) is 72.8 Å². The first-order chi connectivity index (χ1) is 19.8. The van der Waals surface area contributed by atoms with Gasteiger partial charge in [-0.15, -0.1) is 0 Å². The summed E-state index contributed by atoms with van der Waals surface area (Å²) in [6.45, 7) is 1.19. The van der Waals surface area contributed by atoms with Gasteiger partial charge in [-0.1, -0.05) is 55.5 Å². The zero-order valence-electron chi connectivity index (χ0n) is 22.5. The Morgan fingerprint density at radius 3 is 2.39 bits per heavy atom. The Hall–Kier alpha value is -4.28. The normalized spacial score (nSPS) is 18.9. The number of rotatable bonds is 11. The lowest BCUT2D eigenvalue weighted by Crippen LogP contribution is -2.50. The van der Waals surface area contributed by atoms with Gasteiger partial charge >= 0.3 is 6.03 Å². The maximum Gasteiger partial charge on any atom is 0.325 e. The van der Waals surface area contributed by atoms with Crippen molar-refractivity contribution in [2.24, 2.45) is 0 Å². The predicted octanol–water partition coefficient (Wildman–Crippen LogP) is 3.84. The molecule has 1 aliphatic heterocycles. The summed E-state index contributed by atoms with van der Waals surface area (Å²) >= 11 is 0. The number of carbonyl (C=O) groups is 3. The van der Waals surface area contributed by atoms with Gasteiger partial charge < -0.3 is 25.6 Å². The molecule has 1 aliphatic carbocycles. The van der Waals surface area contributed by atoms with E-state index in [4.69, 9.17) is 9.84 Å². The second kappa shape index (κ2) is 12.1. The molecule has 0 spiro atoms. The quantitative estimate of drug-likeness (QED) is 0.264. The number of imide groups is 1. The van der Waals surface area contributed by atoms with Gasteiger partial charge in [-0.05, 0) is 59.7 Å². The summed E-state index contributed by atoms with van der Waals surface area (Å²) in [4.78, 5) is 41.6. The van der Waals surface area contributed by atoms with Crippen LogP contribution >= 0.6 is 0 Å². The molecule has 0 bridgehead atoms. The Balaban J connectivity index is 1.39. The lowest BCUT2D eigenvalue weighted by atomic mass is 9.91. The van der Waals surface area contributed by atoms with Crippen molar-refractivity contribution in [3.05, 3.63) is 95.3 Å². The first-order valence-electron chi connectivity index (χ1n) is 13.6. The van der Waals surface area contributed by atoms with Gasteiger partial charge in [-0.25, -0.2) is 14.1 Å². The Morgan fingerprint density at radius 1 is 1.07 bits per heavy atom. The van der Waals surface area contributed by atoms with Gasteiger partial charge in [0.05, 0.1) is 12.3 Å². The topological polar surface area (TPSA) is 128 Å². The van der Waals surface area contributed by atoms with Gasteiger partial charge in [0.15, 0.2) is 0 Å². The molecule has 3 aromatic rings. The Labute approximate surface area is 236 Å². The van der Waals surface area contributed by atoms with Crippen LogP contribution < -0.4 is 15.4 Å². The number of nitrogens with one attached hydrogen (secondary N) is 2. The number of aliphatic hydroxyl groups is 2. The van der Waals surface area contributed by atoms with Crippen LogP contribution in [0.3, 0.4) is 0 Å². The van der Waals surface area contributed by atoms with Crippen molar-refractivity contribution in [2.75, 3.05) is 18.5 Å². The molecule has 1 saturated carbocycles. The summed E-state index contributed by atoms with van der Waals surface area (Å²) < 4.78 is 20.4. The Bertz CT molecular complexity index is 1410. The standard InChI is InChI=1S/C31H32FN3O6/c1-18(19-5-3-2-4-6-19)28(29(38)33-26-14-11-22(15-25(26)32)20-7-8-20)35-30(39)27(34-31(35)40)21-9-12-24(13-10-21)41-17-23(37)16-36/h2-6,9-15,18,20,23,27-28,36-37H,7-8,16-17H2,1H3,(H,33,38)(H,34,40)/t18-,23+,27+,28-/m0/s1. The minimum atomic E-state index is -1.26. The van der Waals surface area contributed by atoms with E-state index in [1.54, 1.807) is 61.5 Å². The zero-order chi connectivity index (χ0) is 29.1. The number of hydrogen-bond donors (Lipinski definition) is 4. The van der Waals surface area contributed by atoms with Crippen LogP contribution in [0, 0.1) is 5.82 Å². The maximum atomic E-state index is 14.9. The van der Waals surface area contributed by atoms with Crippen molar-refractivity contribution in [2.45, 2.75) is 49.8 Å². The smallest absolute Gasteiger partial charge is 0.325 e. The van der Waals surface area contributed by atoms with E-state index in [2.05, 4.69) is 10.6 Å². The van der Waals surface area contributed by atoms with E-state index in [0.29, 0.717) is 17.2 Å². The molecule has 4 amide bonds. The number of aliphatic hydroxyl groups excluding tert-OH is 2. The molecular weight excluding hydrogens is 529 g/mol. The molecule has 10 heteroatoms. The highest BCUT2D eigenvalue weighted by Crippen LogP contribution is 2.41. The van der Waals surface area contributed by atoms with Crippen molar-refractivity contribution in [1.82, 2.24) is 10.2 Å². The van der Waals surface area contributed by atoms with Crippen LogP contribution in [-0.4, -0.2) is 58.3 Å². The van der Waals surface area contributed by atoms with E-state index < -0.39 is 54.4 Å². The average molecular weight is 562 g/mol. The summed E-state index contributed by atoms with van der Waals surface area (Å²) in [7, 11) is 0. The van der Waals surface area contributed by atoms with Crippen molar-refractivity contribution in [1.29, 1.82) is 0 Å². The third kappa shape index (κ3) is 6.23. The summed E-state index contributed by atoms with van der Waals surface area (Å²) in [5.74, 6) is -1.73. The van der Waals surface area contributed by atoms with Crippen LogP contribution in [0.4, 0.5) is 14.9 Å². The monoisotopic (exact) mass is 561 g/mol. The summed E-state index contributed by atoms with van der Waals surface area (Å²) in [5, 5.41) is 23.7. The van der Waals surface area contributed by atoms with Gasteiger partial charge in [0.25, 0.3) is 5.91 Å². The van der Waals surface area contributed by atoms with E-state index in [1.165, 1.54) is 12.1 Å². The molecule has 41 heavy (non-hydrogen) atoms. The number of nitrogens with zero attached hydrogens (tertiary/aromatic N) is 1. The van der Waals surface area contributed by atoms with Gasteiger partial charge in [-0.2, -0.15) is 0 Å². The van der Waals surface area contributed by atoms with E-state index in [-0.39, 0.29) is 12.3 Å². The first-order valence-corrected chi connectivity index (χ1v) is 13.6. The van der Waals surface area contributed by atoms with Crippen molar-refractivity contribution in [3.8, 4) is 5.75 Å². The number of amides is 4. The fraction of sp³-hybridized carbons (Fsp3) is 0.323. The van der Waals surface area contributed by atoms with Crippen LogP contribution in [0.25, 0.3) is 0 Å². The second-order valence-corrected chi connectivity index (χ2v) is 10.5. The molecule has 214 valence electrons. The summed E-state index contributed by atoms with van der Waals surface area (Å²) in [6, 6.07) is 17.1. The predicted molar refractivity (Wildman–Crippen MR) is 149 cm³/mol. The summed E-state index contributed by atoms with van der Waals surface area (Å²) in [6.07, 6.45) is 0.994. The highest BCUT2D eigenvalue weighted by Gasteiger charge is 2.47. The van der Waals surface area contributed by atoms with Gasteiger partial charge in [-0.3, -0.25) is 9.59 Å². The van der Waals surface area contributed by atoms with E-state index in [9.17, 15) is 23.9 Å². The Kier molecular flexibility index (Phi) is 8.32. The van der Waals surface area contributed by atoms with Crippen molar-refractivity contribution in [3.63, 3.8) is 0 Å². The molecule has 0 radical (unpaired) electrons. The largest absolute Gasteiger partial charge is 0.491 e. The highest BCUT2D eigenvalue weighted by atomic mass is 19.1. The molecule has 1 heterocycles. The molecule has 0 aromatic heterocycles. The van der Waals surface area contributed by atoms with Crippen LogP contribution in [0.5, 0.6) is 5.75 Å². The fourth-order valence-corrected chi connectivity index (χ4v) is 5.00. The second-order valence-electron chi connectivity index (χ2n) is 10.5. The molecule has 4 atom stereocenters. The minimum absolute atomic E-state index is 0.0184. The zero-order valence-corrected chi connectivity index (χ0v) is 22.5. The molecule has 5 rings (SSSR count). The number of ether oxygens (including phenoxy) is 1. The number of urea groups is 1. The van der Waals surface area contributed by atoms with Gasteiger partial charge in [0.1, 0.15) is 36.4 Å². The van der Waals surface area contributed by atoms with Gasteiger partial charge in [0.2, 0.25) is 5.91 Å². The van der Waals surface area contributed by atoms with Crippen LogP contribution in [-0.2, 0) is 9.59 Å². The Morgan fingerprint density at radius 2 is 1.76 bits per heavy atom. The van der Waals surface area contributed by atoms with E-state index >= 15 is 0 Å². The van der Waals surface area contributed by atoms with Crippen LogP contribution in [0.2, 0.25) is 0 Å².